The molecule has 4 heteroatoms. The van der Waals surface area contributed by atoms with E-state index in [1.807, 2.05) is 4.90 Å². The van der Waals surface area contributed by atoms with Gasteiger partial charge in [0.1, 0.15) is 0 Å². The molecule has 0 atom stereocenters. The minimum atomic E-state index is -0.0285. The van der Waals surface area contributed by atoms with Crippen LogP contribution in [0, 0.1) is 5.41 Å². The molecule has 2 rings (SSSR count). The van der Waals surface area contributed by atoms with E-state index in [0.29, 0.717) is 22.8 Å². The van der Waals surface area contributed by atoms with E-state index in [4.69, 9.17) is 17.3 Å². The first-order valence-electron chi connectivity index (χ1n) is 6.83. The molecule has 0 saturated heterocycles. The van der Waals surface area contributed by atoms with E-state index in [1.165, 1.54) is 5.57 Å². The molecule has 0 unspecified atom stereocenters. The number of hydrogen-bond acceptors (Lipinski definition) is 2. The molecule has 3 nitrogen and oxygen atoms in total. The first-order valence-corrected chi connectivity index (χ1v) is 7.20. The van der Waals surface area contributed by atoms with Crippen LogP contribution >= 0.6 is 11.6 Å². The summed E-state index contributed by atoms with van der Waals surface area (Å²) in [5.74, 6) is -0.0285. The van der Waals surface area contributed by atoms with E-state index < -0.39 is 0 Å². The molecular weight excluding hydrogens is 272 g/mol. The maximum absolute atomic E-state index is 12.5. The lowest BCUT2D eigenvalue weighted by atomic mass is 9.83. The van der Waals surface area contributed by atoms with Crippen LogP contribution in [0.25, 0.3) is 0 Å². The van der Waals surface area contributed by atoms with Crippen LogP contribution in [-0.2, 0) is 0 Å². The molecule has 20 heavy (non-hydrogen) atoms. The van der Waals surface area contributed by atoms with Gasteiger partial charge in [0.2, 0.25) is 0 Å². The summed E-state index contributed by atoms with van der Waals surface area (Å²) in [5.41, 5.74) is 8.33. The van der Waals surface area contributed by atoms with Gasteiger partial charge in [-0.25, -0.2) is 0 Å². The molecular formula is C16H21ClN2O. The van der Waals surface area contributed by atoms with Crippen LogP contribution in [0.1, 0.15) is 37.6 Å². The Morgan fingerprint density at radius 3 is 2.55 bits per heavy atom. The van der Waals surface area contributed by atoms with Crippen molar-refractivity contribution >= 4 is 23.2 Å². The lowest BCUT2D eigenvalue weighted by Gasteiger charge is -2.32. The largest absolute Gasteiger partial charge is 0.399 e. The summed E-state index contributed by atoms with van der Waals surface area (Å²) in [6.45, 7) is 7.99. The Bertz CT molecular complexity index is 558. The molecule has 0 bridgehead atoms. The third-order valence-electron chi connectivity index (χ3n) is 3.68. The third kappa shape index (κ3) is 3.15. The summed E-state index contributed by atoms with van der Waals surface area (Å²) in [6.07, 6.45) is 3.08. The minimum absolute atomic E-state index is 0.0285. The van der Waals surface area contributed by atoms with Crippen molar-refractivity contribution < 1.29 is 4.79 Å². The third-order valence-corrected chi connectivity index (χ3v) is 4.00. The number of nitrogen functional groups attached to an aromatic ring is 1. The van der Waals surface area contributed by atoms with Gasteiger partial charge in [0.25, 0.3) is 5.91 Å². The van der Waals surface area contributed by atoms with Gasteiger partial charge in [0, 0.05) is 18.8 Å². The van der Waals surface area contributed by atoms with Crippen LogP contribution in [0.4, 0.5) is 5.69 Å². The van der Waals surface area contributed by atoms with Crippen molar-refractivity contribution in [2.45, 2.75) is 27.2 Å². The Hall–Kier alpha value is -1.48. The highest BCUT2D eigenvalue weighted by Gasteiger charge is 2.25. The molecule has 1 aromatic carbocycles. The second-order valence-corrected chi connectivity index (χ2v) is 6.63. The predicted molar refractivity (Wildman–Crippen MR) is 83.9 cm³/mol. The van der Waals surface area contributed by atoms with E-state index in [9.17, 15) is 4.79 Å². The number of carbonyl (C=O) groups is 1. The molecule has 0 radical (unpaired) electrons. The lowest BCUT2D eigenvalue weighted by molar-refractivity contribution is 0.0765. The van der Waals surface area contributed by atoms with E-state index in [1.54, 1.807) is 18.2 Å². The zero-order chi connectivity index (χ0) is 14.9. The summed E-state index contributed by atoms with van der Waals surface area (Å²) < 4.78 is 0. The van der Waals surface area contributed by atoms with Crippen molar-refractivity contribution in [1.29, 1.82) is 0 Å². The van der Waals surface area contributed by atoms with Crippen LogP contribution < -0.4 is 5.73 Å². The Labute approximate surface area is 125 Å². The van der Waals surface area contributed by atoms with Crippen LogP contribution in [-0.4, -0.2) is 23.9 Å². The van der Waals surface area contributed by atoms with Crippen molar-refractivity contribution in [2.75, 3.05) is 18.8 Å². The first-order chi connectivity index (χ1) is 9.29. The second kappa shape index (κ2) is 5.49. The molecule has 1 amide bonds. The monoisotopic (exact) mass is 292 g/mol. The maximum Gasteiger partial charge on any atom is 0.255 e. The van der Waals surface area contributed by atoms with Gasteiger partial charge in [-0.15, -0.1) is 0 Å². The molecule has 108 valence electrons. The maximum atomic E-state index is 12.5. The number of hydrogen-bond donors (Lipinski definition) is 1. The number of nitrogens with two attached hydrogens (primary N) is 1. The molecule has 0 spiro atoms. The van der Waals surface area contributed by atoms with Gasteiger partial charge in [-0.3, -0.25) is 4.79 Å². The lowest BCUT2D eigenvalue weighted by Crippen LogP contribution is -2.36. The molecule has 2 N–H and O–H groups in total. The van der Waals surface area contributed by atoms with E-state index in [0.717, 1.165) is 13.0 Å². The highest BCUT2D eigenvalue weighted by atomic mass is 35.5. The molecule has 0 aromatic heterocycles. The zero-order valence-electron chi connectivity index (χ0n) is 12.2. The predicted octanol–water partition coefficient (Wildman–Crippen LogP) is 3.74. The molecule has 1 aromatic rings. The summed E-state index contributed by atoms with van der Waals surface area (Å²) in [7, 11) is 0. The Balaban J connectivity index is 2.14. The van der Waals surface area contributed by atoms with Gasteiger partial charge in [-0.05, 0) is 30.0 Å². The van der Waals surface area contributed by atoms with Crippen molar-refractivity contribution in [1.82, 2.24) is 4.90 Å². The first kappa shape index (κ1) is 14.9. The fourth-order valence-electron chi connectivity index (χ4n) is 2.41. The minimum Gasteiger partial charge on any atom is -0.399 e. The fraction of sp³-hybridized carbons (Fsp3) is 0.438. The number of rotatable bonds is 1. The number of carbonyl (C=O) groups excluding carboxylic acids is 1. The van der Waals surface area contributed by atoms with Gasteiger partial charge >= 0.3 is 0 Å². The normalized spacial score (nSPS) is 16.0. The molecule has 0 saturated carbocycles. The zero-order valence-corrected chi connectivity index (χ0v) is 13.0. The van der Waals surface area contributed by atoms with Crippen molar-refractivity contribution in [3.8, 4) is 0 Å². The van der Waals surface area contributed by atoms with Gasteiger partial charge in [0.05, 0.1) is 10.6 Å². The van der Waals surface area contributed by atoms with Crippen LogP contribution in [0.3, 0.4) is 0 Å². The van der Waals surface area contributed by atoms with E-state index in [-0.39, 0.29) is 11.3 Å². The standard InChI is InChI=1S/C16H21ClN2O/c1-16(2,3)11-6-8-19(9-7-11)15(20)13-5-4-12(18)10-14(13)17/h4-6,10H,7-9,18H2,1-3H3. The van der Waals surface area contributed by atoms with E-state index in [2.05, 4.69) is 26.8 Å². The van der Waals surface area contributed by atoms with Gasteiger partial charge < -0.3 is 10.6 Å². The van der Waals surface area contributed by atoms with Crippen LogP contribution in [0.2, 0.25) is 5.02 Å². The van der Waals surface area contributed by atoms with Crippen molar-refractivity contribution in [3.63, 3.8) is 0 Å². The van der Waals surface area contributed by atoms with Gasteiger partial charge in [-0.2, -0.15) is 0 Å². The second-order valence-electron chi connectivity index (χ2n) is 6.22. The Morgan fingerprint density at radius 2 is 2.05 bits per heavy atom. The summed E-state index contributed by atoms with van der Waals surface area (Å²) >= 11 is 6.10. The van der Waals surface area contributed by atoms with Crippen molar-refractivity contribution in [2.24, 2.45) is 5.41 Å². The van der Waals surface area contributed by atoms with Gasteiger partial charge in [0.15, 0.2) is 0 Å². The van der Waals surface area contributed by atoms with Gasteiger partial charge in [-0.1, -0.05) is 44.0 Å². The molecule has 1 aliphatic heterocycles. The quantitative estimate of drug-likeness (QED) is 0.633. The number of nitrogens with zero attached hydrogens (tertiary/aromatic N) is 1. The number of amides is 1. The fourth-order valence-corrected chi connectivity index (χ4v) is 2.68. The van der Waals surface area contributed by atoms with Crippen molar-refractivity contribution in [3.05, 3.63) is 40.4 Å². The molecule has 1 aliphatic rings. The number of anilines is 1. The average molecular weight is 293 g/mol. The molecule has 0 fully saturated rings. The SMILES string of the molecule is CC(C)(C)C1=CCN(C(=O)c2ccc(N)cc2Cl)CC1. The molecule has 0 aliphatic carbocycles. The number of benzene rings is 1. The highest BCUT2D eigenvalue weighted by Crippen LogP contribution is 2.31. The smallest absolute Gasteiger partial charge is 0.255 e. The van der Waals surface area contributed by atoms with Crippen LogP contribution in [0.5, 0.6) is 0 Å². The molecule has 1 heterocycles. The summed E-state index contributed by atoms with van der Waals surface area (Å²) in [5, 5.41) is 0.417. The average Bonchev–Trinajstić information content (AvgIpc) is 2.37. The highest BCUT2D eigenvalue weighted by molar-refractivity contribution is 6.34. The number of halogens is 1. The van der Waals surface area contributed by atoms with E-state index >= 15 is 0 Å². The topological polar surface area (TPSA) is 46.3 Å². The summed E-state index contributed by atoms with van der Waals surface area (Å²) in [4.78, 5) is 14.3. The Morgan fingerprint density at radius 1 is 1.35 bits per heavy atom. The summed E-state index contributed by atoms with van der Waals surface area (Å²) in [6, 6.07) is 5.03. The Kier molecular flexibility index (Phi) is 4.09. The van der Waals surface area contributed by atoms with Crippen LogP contribution in [0.15, 0.2) is 29.8 Å².